The van der Waals surface area contributed by atoms with Gasteiger partial charge < -0.3 is 10.1 Å². The molecule has 4 rings (SSSR count). The molecule has 9 heteroatoms. The molecule has 35 heavy (non-hydrogen) atoms. The van der Waals surface area contributed by atoms with E-state index in [2.05, 4.69) is 26.4 Å². The van der Waals surface area contributed by atoms with Crippen LogP contribution >= 0.6 is 0 Å². The number of H-pyrrole nitrogens is 1. The van der Waals surface area contributed by atoms with Crippen molar-refractivity contribution in [1.29, 1.82) is 0 Å². The smallest absolute Gasteiger partial charge is 0.287 e. The van der Waals surface area contributed by atoms with Crippen LogP contribution in [0, 0.1) is 0 Å². The van der Waals surface area contributed by atoms with Crippen LogP contribution in [0.1, 0.15) is 23.0 Å². The van der Waals surface area contributed by atoms with Gasteiger partial charge in [0, 0.05) is 5.56 Å². The van der Waals surface area contributed by atoms with Gasteiger partial charge in [0.2, 0.25) is 5.91 Å². The van der Waals surface area contributed by atoms with E-state index in [1.54, 1.807) is 32.2 Å². The molecule has 1 aromatic heterocycles. The minimum Gasteiger partial charge on any atom is -0.497 e. The third-order valence-electron chi connectivity index (χ3n) is 5.51. The number of aromatic nitrogens is 2. The molecule has 0 aliphatic rings. The fourth-order valence-corrected chi connectivity index (χ4v) is 3.62. The maximum Gasteiger partial charge on any atom is 0.287 e. The second-order valence-corrected chi connectivity index (χ2v) is 7.94. The van der Waals surface area contributed by atoms with Gasteiger partial charge in [-0.25, -0.2) is 0 Å². The van der Waals surface area contributed by atoms with Crippen molar-refractivity contribution in [3.05, 3.63) is 84.1 Å². The summed E-state index contributed by atoms with van der Waals surface area (Å²) in [6, 6.07) is 21.5. The molecular weight excluding hydrogens is 446 g/mol. The highest BCUT2D eigenvalue weighted by molar-refractivity contribution is 5.96. The molecule has 1 atom stereocenters. The highest BCUT2D eigenvalue weighted by Gasteiger charge is 2.18. The van der Waals surface area contributed by atoms with Crippen LogP contribution in [0.4, 0.5) is 0 Å². The number of ether oxygens (including phenoxy) is 1. The third kappa shape index (κ3) is 5.64. The standard InChI is InChI=1S/C26H25N5O4/c1-16(27-24(32)14-19-8-5-7-17-6-3-4-9-21(17)19)25(33)30-31-26(34)23-15-22(28-29-23)18-10-12-20(35-2)13-11-18/h3-13,15-16H,14H2,1-2H3,(H,27,32)(H,28,29)(H,30,33)(H,31,34)/t16-/m0/s1. The largest absolute Gasteiger partial charge is 0.497 e. The van der Waals surface area contributed by atoms with Gasteiger partial charge in [0.25, 0.3) is 11.8 Å². The summed E-state index contributed by atoms with van der Waals surface area (Å²) in [6.07, 6.45) is 0.133. The van der Waals surface area contributed by atoms with Crippen LogP contribution in [0.3, 0.4) is 0 Å². The number of hydrogen-bond acceptors (Lipinski definition) is 5. The molecule has 0 unspecified atom stereocenters. The number of methoxy groups -OCH3 is 1. The summed E-state index contributed by atoms with van der Waals surface area (Å²) in [5.74, 6) is -0.712. The van der Waals surface area contributed by atoms with Crippen molar-refractivity contribution in [2.75, 3.05) is 7.11 Å². The van der Waals surface area contributed by atoms with Crippen molar-refractivity contribution in [2.45, 2.75) is 19.4 Å². The number of amides is 3. The number of hydrogen-bond donors (Lipinski definition) is 4. The number of nitrogens with one attached hydrogen (secondary N) is 4. The van der Waals surface area contributed by atoms with Gasteiger partial charge in [-0.2, -0.15) is 5.10 Å². The normalized spacial score (nSPS) is 11.5. The summed E-state index contributed by atoms with van der Waals surface area (Å²) in [6.45, 7) is 1.54. The van der Waals surface area contributed by atoms with Crippen molar-refractivity contribution < 1.29 is 19.1 Å². The van der Waals surface area contributed by atoms with Gasteiger partial charge in [-0.3, -0.25) is 30.3 Å². The molecule has 178 valence electrons. The summed E-state index contributed by atoms with van der Waals surface area (Å²) in [7, 11) is 1.58. The van der Waals surface area contributed by atoms with E-state index in [0.29, 0.717) is 11.4 Å². The number of aromatic amines is 1. The first-order valence-corrected chi connectivity index (χ1v) is 11.0. The molecule has 4 N–H and O–H groups in total. The highest BCUT2D eigenvalue weighted by Crippen LogP contribution is 2.21. The van der Waals surface area contributed by atoms with Crippen LogP contribution in [0.25, 0.3) is 22.0 Å². The Hall–Kier alpha value is -4.66. The molecule has 0 fully saturated rings. The maximum atomic E-state index is 12.5. The Balaban J connectivity index is 1.29. The second-order valence-electron chi connectivity index (χ2n) is 7.94. The first-order chi connectivity index (χ1) is 16.9. The average molecular weight is 472 g/mol. The van der Waals surface area contributed by atoms with E-state index in [9.17, 15) is 14.4 Å². The van der Waals surface area contributed by atoms with Crippen molar-refractivity contribution in [3.8, 4) is 17.0 Å². The van der Waals surface area contributed by atoms with Crippen LogP contribution in [-0.4, -0.2) is 41.1 Å². The average Bonchev–Trinajstić information content (AvgIpc) is 3.38. The van der Waals surface area contributed by atoms with Crippen molar-refractivity contribution in [1.82, 2.24) is 26.4 Å². The Kier molecular flexibility index (Phi) is 7.06. The first kappa shape index (κ1) is 23.5. The molecule has 3 amide bonds. The number of fused-ring (bicyclic) bond motifs is 1. The van der Waals surface area contributed by atoms with E-state index < -0.39 is 17.9 Å². The maximum absolute atomic E-state index is 12.5. The summed E-state index contributed by atoms with van der Waals surface area (Å²) >= 11 is 0. The number of rotatable bonds is 7. The number of benzene rings is 3. The van der Waals surface area contributed by atoms with Crippen LogP contribution in [0.5, 0.6) is 5.75 Å². The molecule has 0 bridgehead atoms. The number of nitrogens with zero attached hydrogens (tertiary/aromatic N) is 1. The fourth-order valence-electron chi connectivity index (χ4n) is 3.62. The lowest BCUT2D eigenvalue weighted by Gasteiger charge is -2.15. The van der Waals surface area contributed by atoms with Crippen LogP contribution in [-0.2, 0) is 16.0 Å². The Morgan fingerprint density at radius 3 is 2.49 bits per heavy atom. The van der Waals surface area contributed by atoms with Gasteiger partial charge in [-0.15, -0.1) is 0 Å². The Bertz CT molecular complexity index is 1360. The summed E-state index contributed by atoms with van der Waals surface area (Å²) in [4.78, 5) is 37.3. The Labute approximate surface area is 201 Å². The third-order valence-corrected chi connectivity index (χ3v) is 5.51. The van der Waals surface area contributed by atoms with Crippen LogP contribution in [0.2, 0.25) is 0 Å². The van der Waals surface area contributed by atoms with Crippen molar-refractivity contribution >= 4 is 28.5 Å². The molecule has 0 aliphatic heterocycles. The molecule has 4 aromatic rings. The van der Waals surface area contributed by atoms with Crippen LogP contribution < -0.4 is 20.9 Å². The lowest BCUT2D eigenvalue weighted by molar-refractivity contribution is -0.128. The molecule has 0 saturated heterocycles. The van der Waals surface area contributed by atoms with Crippen molar-refractivity contribution in [3.63, 3.8) is 0 Å². The lowest BCUT2D eigenvalue weighted by Crippen LogP contribution is -2.51. The number of carbonyl (C=O) groups excluding carboxylic acids is 3. The molecule has 9 nitrogen and oxygen atoms in total. The number of hydrazine groups is 1. The van der Waals surface area contributed by atoms with Gasteiger partial charge in [-0.1, -0.05) is 42.5 Å². The highest BCUT2D eigenvalue weighted by atomic mass is 16.5. The molecule has 0 saturated carbocycles. The molecule has 1 heterocycles. The van der Waals surface area contributed by atoms with E-state index in [0.717, 1.165) is 21.9 Å². The molecule has 0 spiro atoms. The van der Waals surface area contributed by atoms with E-state index in [1.807, 2.05) is 54.6 Å². The minimum atomic E-state index is -0.852. The van der Waals surface area contributed by atoms with E-state index in [4.69, 9.17) is 4.74 Å². The van der Waals surface area contributed by atoms with Crippen molar-refractivity contribution in [2.24, 2.45) is 0 Å². The van der Waals surface area contributed by atoms with E-state index >= 15 is 0 Å². The Morgan fingerprint density at radius 1 is 0.971 bits per heavy atom. The molecule has 0 aliphatic carbocycles. The zero-order chi connectivity index (χ0) is 24.8. The molecular formula is C26H25N5O4. The minimum absolute atomic E-state index is 0.133. The zero-order valence-electron chi connectivity index (χ0n) is 19.3. The predicted octanol–water partition coefficient (Wildman–Crippen LogP) is 2.75. The first-order valence-electron chi connectivity index (χ1n) is 11.0. The Morgan fingerprint density at radius 2 is 1.71 bits per heavy atom. The van der Waals surface area contributed by atoms with E-state index in [1.165, 1.54) is 0 Å². The zero-order valence-corrected chi connectivity index (χ0v) is 19.3. The summed E-state index contributed by atoms with van der Waals surface area (Å²) in [5, 5.41) is 11.5. The second kappa shape index (κ2) is 10.5. The van der Waals surface area contributed by atoms with Gasteiger partial charge in [0.1, 0.15) is 17.5 Å². The van der Waals surface area contributed by atoms with Gasteiger partial charge in [-0.05, 0) is 53.6 Å². The quantitative estimate of drug-likeness (QED) is 0.309. The van der Waals surface area contributed by atoms with Gasteiger partial charge in [0.05, 0.1) is 19.2 Å². The van der Waals surface area contributed by atoms with Crippen LogP contribution in [0.15, 0.2) is 72.8 Å². The van der Waals surface area contributed by atoms with Gasteiger partial charge in [0.15, 0.2) is 0 Å². The van der Waals surface area contributed by atoms with E-state index in [-0.39, 0.29) is 18.0 Å². The SMILES string of the molecule is COc1ccc(-c2cc(C(=O)NNC(=O)[C@H](C)NC(=O)Cc3cccc4ccccc34)[nH]n2)cc1. The number of carbonyl (C=O) groups is 3. The topological polar surface area (TPSA) is 125 Å². The molecule has 0 radical (unpaired) electrons. The summed E-state index contributed by atoms with van der Waals surface area (Å²) in [5.41, 5.74) is 7.06. The van der Waals surface area contributed by atoms with Gasteiger partial charge >= 0.3 is 0 Å². The summed E-state index contributed by atoms with van der Waals surface area (Å²) < 4.78 is 5.13. The predicted molar refractivity (Wildman–Crippen MR) is 131 cm³/mol. The monoisotopic (exact) mass is 471 g/mol. The fraction of sp³-hybridized carbons (Fsp3) is 0.154. The lowest BCUT2D eigenvalue weighted by atomic mass is 10.0. The molecule has 3 aromatic carbocycles.